The van der Waals surface area contributed by atoms with Crippen LogP contribution in [0.15, 0.2) is 72.8 Å². The largest absolute Gasteiger partial charge is 0.487 e. The van der Waals surface area contributed by atoms with Crippen LogP contribution in [0.2, 0.25) is 10.0 Å². The minimum atomic E-state index is -4.63. The van der Waals surface area contributed by atoms with Crippen molar-refractivity contribution in [3.05, 3.63) is 99.8 Å². The molecule has 4 rings (SSSR count). The number of halogens is 5. The first-order chi connectivity index (χ1) is 16.6. The van der Waals surface area contributed by atoms with Gasteiger partial charge >= 0.3 is 6.18 Å². The topological polar surface area (TPSA) is 31.5 Å². The number of benzene rings is 3. The molecule has 182 valence electrons. The van der Waals surface area contributed by atoms with Gasteiger partial charge in [0.15, 0.2) is 5.69 Å². The summed E-state index contributed by atoms with van der Waals surface area (Å²) >= 11 is 12.4. The van der Waals surface area contributed by atoms with Crippen LogP contribution >= 0.6 is 23.2 Å². The van der Waals surface area contributed by atoms with Gasteiger partial charge < -0.3 is 9.64 Å². The molecule has 0 unspecified atom stereocenters. The van der Waals surface area contributed by atoms with E-state index in [4.69, 9.17) is 27.9 Å². The van der Waals surface area contributed by atoms with E-state index in [2.05, 4.69) is 43.5 Å². The molecule has 0 spiro atoms. The lowest BCUT2D eigenvalue weighted by atomic mass is 10.0. The second-order valence-electron chi connectivity index (χ2n) is 8.39. The Labute approximate surface area is 211 Å². The van der Waals surface area contributed by atoms with Gasteiger partial charge in [-0.15, -0.1) is 0 Å². The molecule has 35 heavy (non-hydrogen) atoms. The summed E-state index contributed by atoms with van der Waals surface area (Å²) in [4.78, 5) is 1.35. The molecule has 1 N–H and O–H groups in total. The zero-order chi connectivity index (χ0) is 25.2. The number of nitrogens with one attached hydrogen (secondary N) is 1. The molecule has 4 nitrogen and oxygen atoms in total. The van der Waals surface area contributed by atoms with Crippen LogP contribution in [0.1, 0.15) is 17.0 Å². The molecule has 0 fully saturated rings. The van der Waals surface area contributed by atoms with Crippen molar-refractivity contribution >= 4 is 23.2 Å². The molecule has 9 heteroatoms. The van der Waals surface area contributed by atoms with Gasteiger partial charge in [-0.3, -0.25) is 0 Å². The Morgan fingerprint density at radius 3 is 2.00 bits per heavy atom. The first kappa shape index (κ1) is 25.1. The number of hydrogen-bond acceptors (Lipinski definition) is 2. The highest BCUT2D eigenvalue weighted by atomic mass is 35.5. The van der Waals surface area contributed by atoms with Gasteiger partial charge in [-0.1, -0.05) is 65.7 Å². The van der Waals surface area contributed by atoms with Gasteiger partial charge in [0.25, 0.3) is 0 Å². The highest BCUT2D eigenvalue weighted by molar-refractivity contribution is 6.37. The van der Waals surface area contributed by atoms with Crippen molar-refractivity contribution in [3.8, 4) is 22.6 Å². The lowest BCUT2D eigenvalue weighted by Gasteiger charge is -2.12. The average molecular weight is 521 g/mol. The van der Waals surface area contributed by atoms with Crippen LogP contribution in [0.25, 0.3) is 16.8 Å². The van der Waals surface area contributed by atoms with Crippen molar-refractivity contribution in [1.29, 1.82) is 0 Å². The molecule has 0 aliphatic rings. The Bertz CT molecular complexity index is 1280. The summed E-state index contributed by atoms with van der Waals surface area (Å²) in [6.45, 7) is 0.782. The van der Waals surface area contributed by atoms with Crippen molar-refractivity contribution in [2.24, 2.45) is 0 Å². The number of nitrogens with zero attached hydrogens (tertiary/aromatic N) is 2. The molecule has 0 amide bonds. The lowest BCUT2D eigenvalue weighted by molar-refractivity contribution is -0.872. The van der Waals surface area contributed by atoms with Gasteiger partial charge in [-0.25, -0.2) is 4.68 Å². The smallest absolute Gasteiger partial charge is 0.435 e. The average Bonchev–Trinajstić information content (AvgIpc) is 3.22. The Balaban J connectivity index is 1.54. The molecule has 1 heterocycles. The van der Waals surface area contributed by atoms with Crippen molar-refractivity contribution in [2.45, 2.75) is 19.3 Å². The molecule has 0 atom stereocenters. The minimum absolute atomic E-state index is 0.161. The van der Waals surface area contributed by atoms with E-state index in [1.807, 2.05) is 12.1 Å². The van der Waals surface area contributed by atoms with Gasteiger partial charge in [-0.05, 0) is 41.5 Å². The van der Waals surface area contributed by atoms with Crippen LogP contribution in [0, 0.1) is 0 Å². The highest BCUT2D eigenvalue weighted by Gasteiger charge is 2.35. The quantitative estimate of drug-likeness (QED) is 0.319. The fourth-order valence-corrected chi connectivity index (χ4v) is 4.23. The second-order valence-corrected chi connectivity index (χ2v) is 9.21. The highest BCUT2D eigenvalue weighted by Crippen LogP contribution is 2.34. The number of ether oxygens (including phenoxy) is 1. The van der Waals surface area contributed by atoms with Crippen LogP contribution in [0.3, 0.4) is 0 Å². The third kappa shape index (κ3) is 5.99. The van der Waals surface area contributed by atoms with E-state index in [0.29, 0.717) is 5.75 Å². The predicted molar refractivity (Wildman–Crippen MR) is 131 cm³/mol. The van der Waals surface area contributed by atoms with Crippen molar-refractivity contribution in [1.82, 2.24) is 9.78 Å². The van der Waals surface area contributed by atoms with E-state index >= 15 is 0 Å². The number of quaternary nitrogens is 1. The summed E-state index contributed by atoms with van der Waals surface area (Å²) in [5.41, 5.74) is 2.60. The van der Waals surface area contributed by atoms with Gasteiger partial charge in [0.05, 0.1) is 29.8 Å². The van der Waals surface area contributed by atoms with E-state index in [-0.39, 0.29) is 28.0 Å². The minimum Gasteiger partial charge on any atom is -0.487 e. The fraction of sp³-hybridized carbons (Fsp3) is 0.192. The number of rotatable bonds is 7. The number of para-hydroxylation sites is 1. The van der Waals surface area contributed by atoms with Crippen LogP contribution in [0.5, 0.6) is 5.75 Å². The molecule has 4 aromatic rings. The first-order valence-corrected chi connectivity index (χ1v) is 11.6. The maximum atomic E-state index is 13.4. The predicted octanol–water partition coefficient (Wildman–Crippen LogP) is 6.09. The van der Waals surface area contributed by atoms with E-state index in [9.17, 15) is 13.2 Å². The zero-order valence-electron chi connectivity index (χ0n) is 19.0. The Morgan fingerprint density at radius 2 is 1.46 bits per heavy atom. The zero-order valence-corrected chi connectivity index (χ0v) is 20.5. The van der Waals surface area contributed by atoms with E-state index in [0.717, 1.165) is 28.4 Å². The van der Waals surface area contributed by atoms with Crippen LogP contribution in [-0.2, 0) is 19.3 Å². The van der Waals surface area contributed by atoms with Gasteiger partial charge in [0.1, 0.15) is 24.6 Å². The van der Waals surface area contributed by atoms with E-state index < -0.39 is 11.9 Å². The number of hydrogen-bond donors (Lipinski definition) is 1. The summed E-state index contributed by atoms with van der Waals surface area (Å²) in [5.74, 6) is 0.508. The first-order valence-electron chi connectivity index (χ1n) is 10.8. The molecule has 0 saturated carbocycles. The van der Waals surface area contributed by atoms with Gasteiger partial charge in [-0.2, -0.15) is 18.3 Å². The monoisotopic (exact) mass is 520 g/mol. The van der Waals surface area contributed by atoms with E-state index in [1.54, 1.807) is 18.2 Å². The molecule has 0 aliphatic carbocycles. The number of alkyl halides is 3. The maximum absolute atomic E-state index is 13.4. The molecule has 3 aromatic carbocycles. The van der Waals surface area contributed by atoms with Crippen molar-refractivity contribution < 1.29 is 22.8 Å². The molecular weight excluding hydrogens is 498 g/mol. The van der Waals surface area contributed by atoms with Gasteiger partial charge in [0, 0.05) is 5.56 Å². The second kappa shape index (κ2) is 10.3. The van der Waals surface area contributed by atoms with Crippen LogP contribution < -0.4 is 9.64 Å². The summed E-state index contributed by atoms with van der Waals surface area (Å²) in [6.07, 6.45) is -4.63. The normalized spacial score (nSPS) is 11.8. The van der Waals surface area contributed by atoms with Gasteiger partial charge in [0.2, 0.25) is 0 Å². The number of aromatic nitrogens is 2. The summed E-state index contributed by atoms with van der Waals surface area (Å²) in [5, 5.41) is 4.06. The van der Waals surface area contributed by atoms with Crippen LogP contribution in [0.4, 0.5) is 13.2 Å². The Morgan fingerprint density at radius 1 is 0.886 bits per heavy atom. The molecular formula is C26H23Cl2F3N3O+. The molecule has 0 aliphatic heterocycles. The third-order valence-electron chi connectivity index (χ3n) is 5.31. The molecule has 0 radical (unpaired) electrons. The SMILES string of the molecule is C[NH+](C)Cc1ccc(-c2ccc(OCc3cc(C(F)(F)F)nn3-c3c(Cl)cccc3Cl)cc2)cc1. The van der Waals surface area contributed by atoms with Crippen LogP contribution in [-0.4, -0.2) is 23.9 Å². The Hall–Kier alpha value is -3.00. The molecule has 0 saturated heterocycles. The summed E-state index contributed by atoms with van der Waals surface area (Å²) < 4.78 is 47.0. The fourth-order valence-electron chi connectivity index (χ4n) is 3.67. The standard InChI is InChI=1S/C26H22Cl2F3N3O/c1-33(2)15-17-6-8-18(9-7-17)19-10-12-21(13-11-19)35-16-20-14-24(26(29,30)31)32-34(20)25-22(27)4-3-5-23(25)28/h3-14H,15-16H2,1-2H3/p+1. The van der Waals surface area contributed by atoms with Crippen molar-refractivity contribution in [3.63, 3.8) is 0 Å². The molecule has 0 bridgehead atoms. The summed E-state index contributed by atoms with van der Waals surface area (Å²) in [7, 11) is 4.21. The lowest BCUT2D eigenvalue weighted by Crippen LogP contribution is -3.04. The maximum Gasteiger partial charge on any atom is 0.435 e. The third-order valence-corrected chi connectivity index (χ3v) is 5.92. The van der Waals surface area contributed by atoms with Crippen molar-refractivity contribution in [2.75, 3.05) is 14.1 Å². The summed E-state index contributed by atoms with van der Waals surface area (Å²) in [6, 6.07) is 21.3. The van der Waals surface area contributed by atoms with E-state index in [1.165, 1.54) is 22.6 Å². The molecule has 1 aromatic heterocycles. The Kier molecular flexibility index (Phi) is 7.40.